The molecule has 4 rings (SSSR count). The molecule has 0 atom stereocenters. The maximum Gasteiger partial charge on any atom is 0.263 e. The lowest BCUT2D eigenvalue weighted by atomic mass is 10.1. The van der Waals surface area contributed by atoms with Crippen molar-refractivity contribution in [2.45, 2.75) is 19.9 Å². The summed E-state index contributed by atoms with van der Waals surface area (Å²) in [7, 11) is 0. The van der Waals surface area contributed by atoms with Crippen LogP contribution in [0.5, 0.6) is 0 Å². The number of carbonyl (C=O) groups is 1. The fraction of sp³-hybridized carbons (Fsp3) is 0.150. The van der Waals surface area contributed by atoms with Crippen molar-refractivity contribution in [3.05, 3.63) is 74.3 Å². The molecule has 0 fully saturated rings. The number of benzene rings is 1. The highest BCUT2D eigenvalue weighted by Gasteiger charge is 2.16. The molecular weight excluding hydrogens is 364 g/mol. The Hall–Kier alpha value is -2.57. The quantitative estimate of drug-likeness (QED) is 0.474. The molecular formula is C20H16N2O2S2. The molecule has 0 N–H and O–H groups in total. The number of aryl methyl sites for hydroxylation is 1. The Morgan fingerprint density at radius 2 is 1.96 bits per heavy atom. The van der Waals surface area contributed by atoms with Crippen LogP contribution >= 0.6 is 22.7 Å². The van der Waals surface area contributed by atoms with Crippen molar-refractivity contribution in [3.8, 4) is 11.1 Å². The van der Waals surface area contributed by atoms with Gasteiger partial charge in [0.05, 0.1) is 23.1 Å². The Balaban J connectivity index is 1.74. The Kier molecular flexibility index (Phi) is 4.53. The predicted octanol–water partition coefficient (Wildman–Crippen LogP) is 4.63. The number of rotatable bonds is 5. The van der Waals surface area contributed by atoms with Crippen LogP contribution in [0.1, 0.15) is 21.5 Å². The van der Waals surface area contributed by atoms with E-state index in [2.05, 4.69) is 11.9 Å². The topological polar surface area (TPSA) is 52.0 Å². The molecule has 3 aromatic heterocycles. The number of Topliss-reactive ketones (excluding diaryl/α,β-unsaturated/α-hetero) is 1. The predicted molar refractivity (Wildman–Crippen MR) is 107 cm³/mol. The maximum absolute atomic E-state index is 13.0. The molecule has 0 radical (unpaired) electrons. The van der Waals surface area contributed by atoms with Gasteiger partial charge in [0, 0.05) is 15.8 Å². The van der Waals surface area contributed by atoms with Crippen molar-refractivity contribution < 1.29 is 4.79 Å². The standard InChI is InChI=1S/C20H16N2O2S2/c1-2-14-8-9-17(26-14)16(23)10-22-12-21-19-18(20(22)24)15(11-25-19)13-6-4-3-5-7-13/h3-9,11-12H,2,10H2,1H3. The normalized spacial score (nSPS) is 11.1. The lowest BCUT2D eigenvalue weighted by molar-refractivity contribution is 0.0974. The van der Waals surface area contributed by atoms with Gasteiger partial charge in [0.2, 0.25) is 0 Å². The summed E-state index contributed by atoms with van der Waals surface area (Å²) in [6.45, 7) is 2.07. The van der Waals surface area contributed by atoms with Crippen LogP contribution in [0.15, 0.2) is 59.0 Å². The van der Waals surface area contributed by atoms with E-state index in [-0.39, 0.29) is 17.9 Å². The second-order valence-corrected chi connectivity index (χ2v) is 7.94. The minimum absolute atomic E-state index is 0.00944. The van der Waals surface area contributed by atoms with Gasteiger partial charge in [-0.1, -0.05) is 37.3 Å². The first-order valence-electron chi connectivity index (χ1n) is 8.31. The summed E-state index contributed by atoms with van der Waals surface area (Å²) in [5, 5.41) is 2.53. The van der Waals surface area contributed by atoms with Crippen LogP contribution in [-0.2, 0) is 13.0 Å². The van der Waals surface area contributed by atoms with Gasteiger partial charge >= 0.3 is 0 Å². The van der Waals surface area contributed by atoms with E-state index in [0.29, 0.717) is 15.1 Å². The number of hydrogen-bond acceptors (Lipinski definition) is 5. The first kappa shape index (κ1) is 16.9. The SMILES string of the molecule is CCc1ccc(C(=O)Cn2cnc3scc(-c4ccccc4)c3c2=O)s1. The van der Waals surface area contributed by atoms with Gasteiger partial charge in [-0.15, -0.1) is 22.7 Å². The lowest BCUT2D eigenvalue weighted by Gasteiger charge is -2.05. The minimum atomic E-state index is -0.171. The molecule has 0 aliphatic rings. The van der Waals surface area contributed by atoms with Crippen molar-refractivity contribution in [1.82, 2.24) is 9.55 Å². The number of hydrogen-bond donors (Lipinski definition) is 0. The highest BCUT2D eigenvalue weighted by molar-refractivity contribution is 7.17. The van der Waals surface area contributed by atoms with Gasteiger partial charge in [-0.3, -0.25) is 14.2 Å². The zero-order valence-corrected chi connectivity index (χ0v) is 15.8. The van der Waals surface area contributed by atoms with E-state index >= 15 is 0 Å². The number of ketones is 1. The molecule has 3 heterocycles. The summed E-state index contributed by atoms with van der Waals surface area (Å²) in [6.07, 6.45) is 2.38. The molecule has 0 bridgehead atoms. The average Bonchev–Trinajstić information content (AvgIpc) is 3.32. The zero-order chi connectivity index (χ0) is 18.1. The number of thiophene rings is 2. The molecule has 0 aliphatic heterocycles. The van der Waals surface area contributed by atoms with Gasteiger partial charge in [-0.05, 0) is 24.1 Å². The van der Waals surface area contributed by atoms with Crippen LogP contribution < -0.4 is 5.56 Å². The summed E-state index contributed by atoms with van der Waals surface area (Å²) in [5.41, 5.74) is 1.68. The van der Waals surface area contributed by atoms with E-state index < -0.39 is 0 Å². The van der Waals surface area contributed by atoms with Crippen molar-refractivity contribution in [2.75, 3.05) is 0 Å². The van der Waals surface area contributed by atoms with Crippen LogP contribution in [0.4, 0.5) is 0 Å². The van der Waals surface area contributed by atoms with Gasteiger partial charge in [0.25, 0.3) is 5.56 Å². The highest BCUT2D eigenvalue weighted by atomic mass is 32.1. The van der Waals surface area contributed by atoms with Crippen molar-refractivity contribution >= 4 is 38.7 Å². The van der Waals surface area contributed by atoms with Crippen LogP contribution in [0, 0.1) is 0 Å². The second kappa shape index (κ2) is 6.97. The number of fused-ring (bicyclic) bond motifs is 1. The minimum Gasteiger partial charge on any atom is -0.291 e. The first-order chi connectivity index (χ1) is 12.7. The Labute approximate surface area is 158 Å². The average molecular weight is 380 g/mol. The molecule has 1 aromatic carbocycles. The van der Waals surface area contributed by atoms with Crippen LogP contribution in [0.2, 0.25) is 0 Å². The first-order valence-corrected chi connectivity index (χ1v) is 10.0. The summed E-state index contributed by atoms with van der Waals surface area (Å²) >= 11 is 2.93. The van der Waals surface area contributed by atoms with Crippen LogP contribution in [-0.4, -0.2) is 15.3 Å². The highest BCUT2D eigenvalue weighted by Crippen LogP contribution is 2.30. The fourth-order valence-corrected chi connectivity index (χ4v) is 4.64. The lowest BCUT2D eigenvalue weighted by Crippen LogP contribution is -2.24. The van der Waals surface area contributed by atoms with E-state index in [0.717, 1.165) is 17.5 Å². The van der Waals surface area contributed by atoms with E-state index in [1.807, 2.05) is 47.8 Å². The number of carbonyl (C=O) groups excluding carboxylic acids is 1. The van der Waals surface area contributed by atoms with Crippen molar-refractivity contribution in [2.24, 2.45) is 0 Å². The molecule has 0 unspecified atom stereocenters. The molecule has 4 nitrogen and oxygen atoms in total. The monoisotopic (exact) mass is 380 g/mol. The molecule has 26 heavy (non-hydrogen) atoms. The van der Waals surface area contributed by atoms with Gasteiger partial charge in [0.15, 0.2) is 5.78 Å². The van der Waals surface area contributed by atoms with E-state index in [1.165, 1.54) is 38.4 Å². The van der Waals surface area contributed by atoms with E-state index in [1.54, 1.807) is 0 Å². The smallest absolute Gasteiger partial charge is 0.263 e. The van der Waals surface area contributed by atoms with Gasteiger partial charge in [-0.2, -0.15) is 0 Å². The molecule has 0 aliphatic carbocycles. The van der Waals surface area contributed by atoms with Crippen molar-refractivity contribution in [1.29, 1.82) is 0 Å². The zero-order valence-electron chi connectivity index (χ0n) is 14.1. The Bertz CT molecular complexity index is 1140. The fourth-order valence-electron chi connectivity index (χ4n) is 2.86. The van der Waals surface area contributed by atoms with Gasteiger partial charge in [-0.25, -0.2) is 4.98 Å². The molecule has 0 amide bonds. The molecule has 130 valence electrons. The number of nitrogens with zero attached hydrogens (tertiary/aromatic N) is 2. The maximum atomic E-state index is 13.0. The molecule has 0 saturated carbocycles. The molecule has 4 aromatic rings. The Morgan fingerprint density at radius 3 is 2.69 bits per heavy atom. The van der Waals surface area contributed by atoms with Crippen LogP contribution in [0.3, 0.4) is 0 Å². The third-order valence-electron chi connectivity index (χ3n) is 4.24. The third kappa shape index (κ3) is 3.02. The summed E-state index contributed by atoms with van der Waals surface area (Å²) in [6, 6.07) is 13.6. The molecule has 0 saturated heterocycles. The van der Waals surface area contributed by atoms with Gasteiger partial charge in [0.1, 0.15) is 4.83 Å². The van der Waals surface area contributed by atoms with E-state index in [4.69, 9.17) is 0 Å². The van der Waals surface area contributed by atoms with Crippen molar-refractivity contribution in [3.63, 3.8) is 0 Å². The summed E-state index contributed by atoms with van der Waals surface area (Å²) in [4.78, 5) is 32.5. The second-order valence-electron chi connectivity index (χ2n) is 5.92. The third-order valence-corrected chi connectivity index (χ3v) is 6.40. The van der Waals surface area contributed by atoms with E-state index in [9.17, 15) is 9.59 Å². The molecule has 6 heteroatoms. The summed E-state index contributed by atoms with van der Waals surface area (Å²) in [5.74, 6) is -0.0607. The Morgan fingerprint density at radius 1 is 1.15 bits per heavy atom. The largest absolute Gasteiger partial charge is 0.291 e. The van der Waals surface area contributed by atoms with Crippen LogP contribution in [0.25, 0.3) is 21.3 Å². The number of aromatic nitrogens is 2. The van der Waals surface area contributed by atoms with Gasteiger partial charge < -0.3 is 0 Å². The molecule has 0 spiro atoms. The summed E-state index contributed by atoms with van der Waals surface area (Å²) < 4.78 is 1.41.